The Kier molecular flexibility index (Phi) is 16.5. The van der Waals surface area contributed by atoms with Crippen LogP contribution in [0.2, 0.25) is 0 Å². The fourth-order valence-electron chi connectivity index (χ4n) is 26.2. The van der Waals surface area contributed by atoms with E-state index in [-0.39, 0.29) is 16.2 Å². The molecule has 0 unspecified atom stereocenters. The van der Waals surface area contributed by atoms with Gasteiger partial charge in [0.2, 0.25) is 0 Å². The highest BCUT2D eigenvalue weighted by atomic mass is 15.0. The molecular weight excluding hydrogens is 1710 g/mol. The molecule has 0 saturated heterocycles. The van der Waals surface area contributed by atoms with E-state index < -0.39 is 0 Å². The van der Waals surface area contributed by atoms with Crippen molar-refractivity contribution in [2.75, 3.05) is 0 Å². The van der Waals surface area contributed by atoms with E-state index in [1.165, 1.54) is 204 Å². The molecular formula is C135H92N6. The smallest absolute Gasteiger partial charge is 0.0549 e. The summed E-state index contributed by atoms with van der Waals surface area (Å²) in [5.41, 5.74) is 48.2. The van der Waals surface area contributed by atoms with Crippen molar-refractivity contribution in [3.8, 4) is 123 Å². The Morgan fingerprint density at radius 3 is 0.922 bits per heavy atom. The third kappa shape index (κ3) is 11.2. The second-order valence-corrected chi connectivity index (χ2v) is 40.9. The van der Waals surface area contributed by atoms with Gasteiger partial charge in [0.1, 0.15) is 0 Å². The van der Waals surface area contributed by atoms with Gasteiger partial charge in [0.05, 0.1) is 71.9 Å². The van der Waals surface area contributed by atoms with Crippen LogP contribution in [0.15, 0.2) is 449 Å². The van der Waals surface area contributed by atoms with E-state index in [1.54, 1.807) is 0 Å². The first kappa shape index (κ1) is 79.6. The van der Waals surface area contributed by atoms with Crippen molar-refractivity contribution in [1.82, 2.24) is 27.4 Å². The summed E-state index contributed by atoms with van der Waals surface area (Å²) < 4.78 is 15.1. The molecule has 27 aromatic rings. The largest absolute Gasteiger partial charge is 0.309 e. The Morgan fingerprint density at radius 2 is 0.433 bits per heavy atom. The van der Waals surface area contributed by atoms with E-state index in [4.69, 9.17) is 0 Å². The second kappa shape index (κ2) is 29.2. The fraction of sp³-hybridized carbons (Fsp3) is 0.0667. The summed E-state index contributed by atoms with van der Waals surface area (Å²) in [7, 11) is 0. The minimum atomic E-state index is -0.194. The maximum Gasteiger partial charge on any atom is 0.0549 e. The summed E-state index contributed by atoms with van der Waals surface area (Å²) >= 11 is 0. The van der Waals surface area contributed by atoms with Crippen LogP contribution >= 0.6 is 0 Å². The van der Waals surface area contributed by atoms with Crippen molar-refractivity contribution in [2.45, 2.75) is 57.8 Å². The lowest BCUT2D eigenvalue weighted by Gasteiger charge is -2.25. The van der Waals surface area contributed by atoms with Crippen LogP contribution in [0.25, 0.3) is 254 Å². The predicted molar refractivity (Wildman–Crippen MR) is 592 cm³/mol. The first-order valence-corrected chi connectivity index (χ1v) is 49.5. The van der Waals surface area contributed by atoms with Gasteiger partial charge in [-0.3, -0.25) is 0 Å². The molecule has 0 bridgehead atoms. The highest BCUT2D eigenvalue weighted by Crippen LogP contribution is 2.57. The van der Waals surface area contributed by atoms with Crippen molar-refractivity contribution in [1.29, 1.82) is 0 Å². The maximum absolute atomic E-state index is 2.55. The molecule has 662 valence electrons. The van der Waals surface area contributed by atoms with Crippen molar-refractivity contribution in [2.24, 2.45) is 0 Å². The molecule has 21 aromatic carbocycles. The molecule has 3 aliphatic rings. The SMILES string of the molecule is CC1(C)c2ccccc2-c2cc(-n3c4ccccc4c4c5c6ccc(-c7ccc(-c8cccc(-n9c%10ccccc%10c%10c%11c%12ccccc%12n(-c%12cccc%13c%12C(C)(C)c%12ccccc%12-%13)c%11ccc%109)c8)cc7)cc6n(-c6cccc(-c7ccc(-c8ccc9c(c8)c8c%10c%11ccccc%11n(-c%11ccc%12c(c%11)C(C)(C)c%11ccccc%11-%12)c%10ccc8n9-c8cccc(-c9ccccc9)c8)cc7)c6)c5ccc43)ccc21. The van der Waals surface area contributed by atoms with E-state index in [0.717, 1.165) is 83.8 Å². The minimum absolute atomic E-state index is 0.114. The van der Waals surface area contributed by atoms with Gasteiger partial charge in [-0.25, -0.2) is 0 Å². The second-order valence-electron chi connectivity index (χ2n) is 40.9. The van der Waals surface area contributed by atoms with Crippen LogP contribution in [0, 0.1) is 0 Å². The van der Waals surface area contributed by atoms with Crippen LogP contribution in [0.4, 0.5) is 0 Å². The Hall–Kier alpha value is -17.6. The van der Waals surface area contributed by atoms with Crippen molar-refractivity contribution < 1.29 is 0 Å². The van der Waals surface area contributed by atoms with Gasteiger partial charge in [-0.05, 0) is 268 Å². The van der Waals surface area contributed by atoms with Gasteiger partial charge in [0.25, 0.3) is 0 Å². The Labute approximate surface area is 815 Å². The van der Waals surface area contributed by atoms with Gasteiger partial charge in [-0.1, -0.05) is 345 Å². The van der Waals surface area contributed by atoms with E-state index in [9.17, 15) is 0 Å². The average molecular weight is 1800 g/mol. The maximum atomic E-state index is 2.55. The average Bonchev–Trinajstić information content (AvgIpc) is 1.54. The van der Waals surface area contributed by atoms with E-state index in [0.29, 0.717) is 0 Å². The molecule has 6 heteroatoms. The zero-order chi connectivity index (χ0) is 93.3. The molecule has 0 atom stereocenters. The van der Waals surface area contributed by atoms with Crippen LogP contribution < -0.4 is 0 Å². The van der Waals surface area contributed by atoms with E-state index in [2.05, 4.69) is 518 Å². The molecule has 6 aromatic heterocycles. The molecule has 0 radical (unpaired) electrons. The van der Waals surface area contributed by atoms with Gasteiger partial charge in [-0.2, -0.15) is 0 Å². The molecule has 3 aliphatic carbocycles. The lowest BCUT2D eigenvalue weighted by molar-refractivity contribution is 0.656. The summed E-state index contributed by atoms with van der Waals surface area (Å²) in [6.07, 6.45) is 0. The molecule has 0 fully saturated rings. The Balaban J connectivity index is 0.544. The Morgan fingerprint density at radius 1 is 0.142 bits per heavy atom. The molecule has 0 saturated carbocycles. The molecule has 6 nitrogen and oxygen atoms in total. The summed E-state index contributed by atoms with van der Waals surface area (Å²) in [4.78, 5) is 0. The highest BCUT2D eigenvalue weighted by Gasteiger charge is 2.41. The number of rotatable bonds is 11. The molecule has 30 rings (SSSR count). The van der Waals surface area contributed by atoms with Crippen molar-refractivity contribution >= 4 is 131 Å². The van der Waals surface area contributed by atoms with Crippen LogP contribution in [-0.4, -0.2) is 27.4 Å². The summed E-state index contributed by atoms with van der Waals surface area (Å²) in [5, 5.41) is 14.8. The molecule has 141 heavy (non-hydrogen) atoms. The first-order valence-electron chi connectivity index (χ1n) is 49.5. The normalized spacial score (nSPS) is 13.8. The van der Waals surface area contributed by atoms with Crippen LogP contribution in [-0.2, 0) is 16.2 Å². The standard InChI is InChI=1S/C135H92N6/c1-133(2)109-45-18-12-38-98(109)106-79-94(63-66-111(106)133)138-114-48-21-14-40-102(114)127-119(138)68-70-121-130(127)105-64-60-90(85-58-54-83(55-59-85)87-31-25-33-91(75-87)136-113-47-20-13-39-101(113)126-118(136)72-73-123-129(126)104-42-16-23-50-116(104)141(123)124-51-27-43-100-97-37-11-19-46-110(97)135(5,6)132(100)124)78-125(105)140(121)93-35-26-32-88(76-93)82-52-56-84(57-53-82)89-61-67-117-107(77-89)131-122(137(117)92-34-24-30-86(74-92)81-28-8-7-9-29-81)71-69-120-128(131)103-41-15-22-49-115(103)139(120)95-62-65-99-96-36-10-17-44-108(96)134(3,4)112(99)80-95/h7-80H,1-6H3. The predicted octanol–water partition coefficient (Wildman–Crippen LogP) is 35.5. The third-order valence-corrected chi connectivity index (χ3v) is 32.6. The van der Waals surface area contributed by atoms with Crippen LogP contribution in [0.1, 0.15) is 74.9 Å². The third-order valence-electron chi connectivity index (χ3n) is 32.6. The zero-order valence-electron chi connectivity index (χ0n) is 78.9. The van der Waals surface area contributed by atoms with E-state index in [1.807, 2.05) is 0 Å². The number of benzene rings is 21. The minimum Gasteiger partial charge on any atom is -0.309 e. The molecule has 6 heterocycles. The fourth-order valence-corrected chi connectivity index (χ4v) is 26.2. The number of hydrogen-bond acceptors (Lipinski definition) is 0. The van der Waals surface area contributed by atoms with Crippen LogP contribution in [0.5, 0.6) is 0 Å². The number of aromatic nitrogens is 6. The van der Waals surface area contributed by atoms with Crippen molar-refractivity contribution in [3.63, 3.8) is 0 Å². The van der Waals surface area contributed by atoms with Crippen molar-refractivity contribution in [3.05, 3.63) is 482 Å². The quantitative estimate of drug-likeness (QED) is 0.124. The lowest BCUT2D eigenvalue weighted by atomic mass is 9.81. The Bertz CT molecular complexity index is 10100. The van der Waals surface area contributed by atoms with Gasteiger partial charge >= 0.3 is 0 Å². The van der Waals surface area contributed by atoms with Crippen LogP contribution in [0.3, 0.4) is 0 Å². The number of fused-ring (bicyclic) bond motifs is 30. The molecule has 0 N–H and O–H groups in total. The monoisotopic (exact) mass is 1800 g/mol. The van der Waals surface area contributed by atoms with Gasteiger partial charge in [0.15, 0.2) is 0 Å². The summed E-state index contributed by atoms with van der Waals surface area (Å²) in [5.74, 6) is 0. The van der Waals surface area contributed by atoms with Gasteiger partial charge in [-0.15, -0.1) is 0 Å². The topological polar surface area (TPSA) is 29.6 Å². The molecule has 0 amide bonds. The van der Waals surface area contributed by atoms with Gasteiger partial charge < -0.3 is 27.4 Å². The highest BCUT2D eigenvalue weighted by molar-refractivity contribution is 6.32. The summed E-state index contributed by atoms with van der Waals surface area (Å²) in [6.45, 7) is 14.3. The first-order chi connectivity index (χ1) is 69.2. The van der Waals surface area contributed by atoms with E-state index >= 15 is 0 Å². The zero-order valence-corrected chi connectivity index (χ0v) is 78.9. The number of para-hydroxylation sites is 4. The van der Waals surface area contributed by atoms with Gasteiger partial charge in [0, 0.05) is 109 Å². The summed E-state index contributed by atoms with van der Waals surface area (Å²) in [6, 6.07) is 170. The molecule has 0 spiro atoms. The number of nitrogens with zero attached hydrogens (tertiary/aromatic N) is 6. The molecule has 0 aliphatic heterocycles. The lowest BCUT2D eigenvalue weighted by Crippen LogP contribution is -2.17. The number of hydrogen-bond donors (Lipinski definition) is 0.